The van der Waals surface area contributed by atoms with Crippen molar-refractivity contribution >= 4 is 44.0 Å². The van der Waals surface area contributed by atoms with Gasteiger partial charge in [-0.1, -0.05) is 0 Å². The number of aliphatic hydroxyl groups excluding tert-OH is 1. The van der Waals surface area contributed by atoms with Gasteiger partial charge >= 0.3 is 0 Å². The first-order chi connectivity index (χ1) is 6.74. The maximum Gasteiger partial charge on any atom is 0.0991 e. The van der Waals surface area contributed by atoms with Crippen LogP contribution in [0.4, 0.5) is 0 Å². The molecule has 4 heteroatoms. The van der Waals surface area contributed by atoms with Crippen LogP contribution in [-0.4, -0.2) is 5.11 Å². The number of thiophene rings is 1. The molecule has 14 heavy (non-hydrogen) atoms. The van der Waals surface area contributed by atoms with Crippen LogP contribution >= 0.6 is 33.9 Å². The second-order valence-electron chi connectivity index (χ2n) is 2.87. The molecule has 0 atom stereocenters. The van der Waals surface area contributed by atoms with Gasteiger partial charge in [0.2, 0.25) is 0 Å². The minimum Gasteiger partial charge on any atom is -0.392 e. The summed E-state index contributed by atoms with van der Waals surface area (Å²) in [6, 6.07) is 7.72. The van der Waals surface area contributed by atoms with Crippen LogP contribution in [0.1, 0.15) is 11.1 Å². The molecule has 0 saturated heterocycles. The number of nitriles is 1. The summed E-state index contributed by atoms with van der Waals surface area (Å²) >= 11 is 3.88. The van der Waals surface area contributed by atoms with E-state index in [1.165, 1.54) is 2.88 Å². The molecule has 0 fully saturated rings. The molecule has 0 radical (unpaired) electrons. The molecule has 0 saturated carbocycles. The van der Waals surface area contributed by atoms with E-state index in [0.29, 0.717) is 5.56 Å². The molecule has 0 amide bonds. The SMILES string of the molecule is N#Cc1cc(CO)c2sc(I)cc2c1. The Bertz CT molecular complexity index is 527. The lowest BCUT2D eigenvalue weighted by Gasteiger charge is -1.98. The van der Waals surface area contributed by atoms with Crippen molar-refractivity contribution in [1.82, 2.24) is 0 Å². The molecule has 2 nitrogen and oxygen atoms in total. The number of hydrogen-bond donors (Lipinski definition) is 1. The first-order valence-electron chi connectivity index (χ1n) is 3.97. The quantitative estimate of drug-likeness (QED) is 0.823. The van der Waals surface area contributed by atoms with E-state index in [2.05, 4.69) is 28.7 Å². The Labute approximate surface area is 98.9 Å². The van der Waals surface area contributed by atoms with Crippen LogP contribution in [-0.2, 0) is 6.61 Å². The molecule has 0 aliphatic carbocycles. The Kier molecular flexibility index (Phi) is 2.72. The molecule has 0 spiro atoms. The molecule has 0 unspecified atom stereocenters. The Morgan fingerprint density at radius 1 is 1.43 bits per heavy atom. The molecule has 2 rings (SSSR count). The maximum atomic E-state index is 9.16. The summed E-state index contributed by atoms with van der Waals surface area (Å²) in [5.41, 5.74) is 1.45. The van der Waals surface area contributed by atoms with Crippen LogP contribution in [0.3, 0.4) is 0 Å². The maximum absolute atomic E-state index is 9.16. The molecule has 1 aromatic heterocycles. The minimum atomic E-state index is -0.0113. The zero-order valence-corrected chi connectivity index (χ0v) is 10.1. The van der Waals surface area contributed by atoms with Crippen LogP contribution in [0, 0.1) is 14.2 Å². The van der Waals surface area contributed by atoms with Crippen molar-refractivity contribution in [2.24, 2.45) is 0 Å². The van der Waals surface area contributed by atoms with Gasteiger partial charge in [-0.3, -0.25) is 0 Å². The third kappa shape index (κ3) is 1.63. The van der Waals surface area contributed by atoms with Gasteiger partial charge in [0.15, 0.2) is 0 Å². The van der Waals surface area contributed by atoms with Gasteiger partial charge in [-0.25, -0.2) is 0 Å². The van der Waals surface area contributed by atoms with Gasteiger partial charge in [-0.15, -0.1) is 11.3 Å². The van der Waals surface area contributed by atoms with Gasteiger partial charge < -0.3 is 5.11 Å². The van der Waals surface area contributed by atoms with Crippen molar-refractivity contribution in [2.75, 3.05) is 0 Å². The summed E-state index contributed by atoms with van der Waals surface area (Å²) in [6.45, 7) is -0.0113. The van der Waals surface area contributed by atoms with Crippen molar-refractivity contribution in [3.8, 4) is 6.07 Å². The van der Waals surface area contributed by atoms with E-state index in [-0.39, 0.29) is 6.61 Å². The molecule has 1 N–H and O–H groups in total. The number of rotatable bonds is 1. The van der Waals surface area contributed by atoms with Gasteiger partial charge in [0.05, 0.1) is 21.1 Å². The predicted molar refractivity (Wildman–Crippen MR) is 65.2 cm³/mol. The summed E-state index contributed by atoms with van der Waals surface area (Å²) in [4.78, 5) is 0. The average Bonchev–Trinajstić information content (AvgIpc) is 2.56. The molecule has 70 valence electrons. The topological polar surface area (TPSA) is 44.0 Å². The van der Waals surface area contributed by atoms with Crippen LogP contribution in [0.2, 0.25) is 0 Å². The van der Waals surface area contributed by atoms with Crippen LogP contribution in [0.5, 0.6) is 0 Å². The molecule has 1 aromatic carbocycles. The average molecular weight is 315 g/mol. The molecular weight excluding hydrogens is 309 g/mol. The summed E-state index contributed by atoms with van der Waals surface area (Å²) in [7, 11) is 0. The van der Waals surface area contributed by atoms with E-state index in [1.54, 1.807) is 17.4 Å². The van der Waals surface area contributed by atoms with Crippen molar-refractivity contribution < 1.29 is 5.11 Å². The predicted octanol–water partition coefficient (Wildman–Crippen LogP) is 2.87. The van der Waals surface area contributed by atoms with Gasteiger partial charge in [0, 0.05) is 4.70 Å². The number of halogens is 1. The van der Waals surface area contributed by atoms with Gasteiger partial charge in [0.1, 0.15) is 0 Å². The van der Waals surface area contributed by atoms with E-state index < -0.39 is 0 Å². The Morgan fingerprint density at radius 2 is 2.21 bits per heavy atom. The minimum absolute atomic E-state index is 0.0113. The van der Waals surface area contributed by atoms with Crippen molar-refractivity contribution in [2.45, 2.75) is 6.61 Å². The third-order valence-electron chi connectivity index (χ3n) is 1.96. The fraction of sp³-hybridized carbons (Fsp3) is 0.100. The summed E-state index contributed by atoms with van der Waals surface area (Å²) < 4.78 is 2.25. The van der Waals surface area contributed by atoms with E-state index in [9.17, 15) is 0 Å². The smallest absolute Gasteiger partial charge is 0.0991 e. The lowest BCUT2D eigenvalue weighted by Crippen LogP contribution is -1.84. The van der Waals surface area contributed by atoms with E-state index >= 15 is 0 Å². The van der Waals surface area contributed by atoms with Crippen molar-refractivity contribution in [1.29, 1.82) is 5.26 Å². The van der Waals surface area contributed by atoms with E-state index in [0.717, 1.165) is 15.6 Å². The van der Waals surface area contributed by atoms with Crippen LogP contribution in [0.15, 0.2) is 18.2 Å². The summed E-state index contributed by atoms with van der Waals surface area (Å²) in [5, 5.41) is 19.0. The first-order valence-corrected chi connectivity index (χ1v) is 5.87. The Hall–Kier alpha value is -0.640. The lowest BCUT2D eigenvalue weighted by molar-refractivity contribution is 0.283. The second kappa shape index (κ2) is 3.85. The Balaban J connectivity index is 2.80. The highest BCUT2D eigenvalue weighted by atomic mass is 127. The van der Waals surface area contributed by atoms with E-state index in [1.807, 2.05) is 12.1 Å². The van der Waals surface area contributed by atoms with Gasteiger partial charge in [-0.2, -0.15) is 5.26 Å². The molecule has 0 aliphatic rings. The largest absolute Gasteiger partial charge is 0.392 e. The lowest BCUT2D eigenvalue weighted by atomic mass is 10.1. The fourth-order valence-electron chi connectivity index (χ4n) is 1.38. The number of aliphatic hydroxyl groups is 1. The van der Waals surface area contributed by atoms with Crippen molar-refractivity contribution in [3.05, 3.63) is 32.2 Å². The first kappa shape index (κ1) is 9.90. The fourth-order valence-corrected chi connectivity index (χ4v) is 3.24. The highest BCUT2D eigenvalue weighted by Gasteiger charge is 2.06. The highest BCUT2D eigenvalue weighted by Crippen LogP contribution is 2.30. The van der Waals surface area contributed by atoms with Gasteiger partial charge in [-0.05, 0) is 51.7 Å². The number of nitrogens with zero attached hydrogens (tertiary/aromatic N) is 1. The highest BCUT2D eigenvalue weighted by molar-refractivity contribution is 14.1. The summed E-state index contributed by atoms with van der Waals surface area (Å²) in [6.07, 6.45) is 0. The zero-order valence-electron chi connectivity index (χ0n) is 7.12. The second-order valence-corrected chi connectivity index (χ2v) is 5.82. The van der Waals surface area contributed by atoms with Crippen LogP contribution in [0.25, 0.3) is 10.1 Å². The molecular formula is C10H6INOS. The molecule has 2 aromatic rings. The normalized spacial score (nSPS) is 10.4. The number of fused-ring (bicyclic) bond motifs is 1. The number of hydrogen-bond acceptors (Lipinski definition) is 3. The van der Waals surface area contributed by atoms with Crippen molar-refractivity contribution in [3.63, 3.8) is 0 Å². The molecule has 1 heterocycles. The van der Waals surface area contributed by atoms with Gasteiger partial charge in [0.25, 0.3) is 0 Å². The monoisotopic (exact) mass is 315 g/mol. The van der Waals surface area contributed by atoms with Crippen LogP contribution < -0.4 is 0 Å². The zero-order chi connectivity index (χ0) is 10.1. The summed E-state index contributed by atoms with van der Waals surface area (Å²) in [5.74, 6) is 0. The standard InChI is InChI=1S/C10H6INOS/c11-9-3-7-1-6(4-12)2-8(5-13)10(7)14-9/h1-3,13H,5H2. The number of benzene rings is 1. The van der Waals surface area contributed by atoms with E-state index in [4.69, 9.17) is 10.4 Å². The Morgan fingerprint density at radius 3 is 2.86 bits per heavy atom. The third-order valence-corrected chi connectivity index (χ3v) is 3.95. The molecule has 0 bridgehead atoms. The molecule has 0 aliphatic heterocycles.